The third-order valence-electron chi connectivity index (χ3n) is 6.16. The molecule has 12 heteroatoms. The number of Topliss-reactive ketones (excluding diaryl/α,β-unsaturated/α-hetero) is 2. The molecule has 0 fully saturated rings. The summed E-state index contributed by atoms with van der Waals surface area (Å²) in [6, 6.07) is 8.08. The van der Waals surface area contributed by atoms with Gasteiger partial charge in [-0.1, -0.05) is 24.3 Å². The van der Waals surface area contributed by atoms with Gasteiger partial charge in [0.2, 0.25) is 0 Å². The lowest BCUT2D eigenvalue weighted by molar-refractivity contribution is -0.0500. The Morgan fingerprint density at radius 1 is 0.795 bits per heavy atom. The van der Waals surface area contributed by atoms with Crippen molar-refractivity contribution >= 4 is 21.7 Å². The number of phenols is 1. The molecule has 0 bridgehead atoms. The molecule has 0 atom stereocenters. The number of rotatable bonds is 8. The summed E-state index contributed by atoms with van der Waals surface area (Å²) in [6.07, 6.45) is 9.93. The number of halogens is 3. The number of alkyl halides is 3. The molecular weight excluding hydrogens is 541 g/mol. The molecule has 8 nitrogen and oxygen atoms in total. The molecule has 0 heterocycles. The number of carbonyl (C=O) groups excluding carboxylic acids is 2. The van der Waals surface area contributed by atoms with E-state index in [0.717, 1.165) is 18.9 Å². The Morgan fingerprint density at radius 2 is 1.23 bits per heavy atom. The number of aromatic hydroxyl groups is 1. The summed E-state index contributed by atoms with van der Waals surface area (Å²) in [5, 5.41) is 9.66. The van der Waals surface area contributed by atoms with Crippen molar-refractivity contribution in [2.45, 2.75) is 31.2 Å². The molecule has 0 saturated heterocycles. The van der Waals surface area contributed by atoms with Crippen molar-refractivity contribution in [1.29, 1.82) is 0 Å². The Hall–Kier alpha value is -3.80. The zero-order valence-corrected chi connectivity index (χ0v) is 21.9. The van der Waals surface area contributed by atoms with E-state index in [1.165, 1.54) is 32.4 Å². The van der Waals surface area contributed by atoms with Crippen LogP contribution in [0.15, 0.2) is 60.7 Å². The van der Waals surface area contributed by atoms with Gasteiger partial charge in [-0.2, -0.15) is 21.6 Å². The van der Waals surface area contributed by atoms with Crippen LogP contribution in [0.4, 0.5) is 13.2 Å². The van der Waals surface area contributed by atoms with Gasteiger partial charge < -0.3 is 18.8 Å². The lowest BCUT2D eigenvalue weighted by Crippen LogP contribution is -2.29. The Balaban J connectivity index is 0.000000230. The standard InChI is InChI=1S/C14H13F3O5S.C13H14O3/c1-21-10-6-7-12(22-23(19,20)14(15,16)17)11(8-10)13(18)9-4-2-3-5-9;1-16-10-6-7-12(14)11(8-10)13(15)9-4-2-3-5-9/h2-3,6-9H,4-5H2,1H3;2-3,6-9,14H,4-5H2,1H3. The highest BCUT2D eigenvalue weighted by atomic mass is 32.2. The van der Waals surface area contributed by atoms with Crippen molar-refractivity contribution in [1.82, 2.24) is 0 Å². The van der Waals surface area contributed by atoms with Crippen molar-refractivity contribution in [2.75, 3.05) is 14.2 Å². The molecule has 1 N–H and O–H groups in total. The van der Waals surface area contributed by atoms with Crippen molar-refractivity contribution in [3.63, 3.8) is 0 Å². The van der Waals surface area contributed by atoms with Gasteiger partial charge in [0.25, 0.3) is 0 Å². The molecule has 0 unspecified atom stereocenters. The minimum atomic E-state index is -5.86. The second kappa shape index (κ2) is 12.4. The second-order valence-corrected chi connectivity index (χ2v) is 10.3. The predicted molar refractivity (Wildman–Crippen MR) is 136 cm³/mol. The van der Waals surface area contributed by atoms with E-state index in [0.29, 0.717) is 24.2 Å². The first-order valence-corrected chi connectivity index (χ1v) is 13.2. The molecule has 4 rings (SSSR count). The van der Waals surface area contributed by atoms with Crippen LogP contribution in [0.2, 0.25) is 0 Å². The summed E-state index contributed by atoms with van der Waals surface area (Å²) >= 11 is 0. The van der Waals surface area contributed by atoms with E-state index in [-0.39, 0.29) is 28.8 Å². The van der Waals surface area contributed by atoms with Crippen LogP contribution < -0.4 is 13.7 Å². The van der Waals surface area contributed by atoms with Gasteiger partial charge in [0.1, 0.15) is 17.2 Å². The number of ketones is 2. The first-order valence-electron chi connectivity index (χ1n) is 11.8. The summed E-state index contributed by atoms with van der Waals surface area (Å²) in [5.41, 5.74) is -5.48. The van der Waals surface area contributed by atoms with Gasteiger partial charge in [-0.15, -0.1) is 0 Å². The number of allylic oxidation sites excluding steroid dienone is 4. The van der Waals surface area contributed by atoms with Gasteiger partial charge in [-0.05, 0) is 62.1 Å². The smallest absolute Gasteiger partial charge is 0.507 e. The van der Waals surface area contributed by atoms with Crippen molar-refractivity contribution in [3.8, 4) is 23.0 Å². The maximum atomic E-state index is 12.5. The lowest BCUT2D eigenvalue weighted by Gasteiger charge is -2.15. The number of phenolic OH excluding ortho intramolecular Hbond substituents is 1. The SMILES string of the molecule is COc1ccc(O)c(C(=O)C2CC=CC2)c1.COc1ccc(OS(=O)(=O)C(F)(F)F)c(C(=O)C2CC=CC2)c1. The van der Waals surface area contributed by atoms with E-state index in [4.69, 9.17) is 9.47 Å². The molecule has 2 aliphatic carbocycles. The average molecular weight is 569 g/mol. The quantitative estimate of drug-likeness (QED) is 0.189. The number of methoxy groups -OCH3 is 2. The monoisotopic (exact) mass is 568 g/mol. The van der Waals surface area contributed by atoms with E-state index in [1.807, 2.05) is 12.2 Å². The molecular formula is C27H27F3O8S. The van der Waals surface area contributed by atoms with Crippen LogP contribution in [0, 0.1) is 11.8 Å². The van der Waals surface area contributed by atoms with Crippen LogP contribution in [-0.2, 0) is 10.1 Å². The number of carbonyl (C=O) groups is 2. The second-order valence-electron chi connectivity index (χ2n) is 8.74. The van der Waals surface area contributed by atoms with Crippen LogP contribution >= 0.6 is 0 Å². The van der Waals surface area contributed by atoms with Crippen LogP contribution in [0.3, 0.4) is 0 Å². The molecule has 0 spiro atoms. The van der Waals surface area contributed by atoms with Crippen LogP contribution in [0.1, 0.15) is 46.4 Å². The lowest BCUT2D eigenvalue weighted by atomic mass is 9.95. The number of hydrogen-bond donors (Lipinski definition) is 1. The Kier molecular flexibility index (Phi) is 9.44. The Morgan fingerprint density at radius 3 is 1.69 bits per heavy atom. The van der Waals surface area contributed by atoms with Gasteiger partial charge in [0.15, 0.2) is 17.3 Å². The van der Waals surface area contributed by atoms with E-state index in [1.54, 1.807) is 24.3 Å². The van der Waals surface area contributed by atoms with E-state index in [9.17, 15) is 36.3 Å². The molecule has 39 heavy (non-hydrogen) atoms. The minimum Gasteiger partial charge on any atom is -0.507 e. The largest absolute Gasteiger partial charge is 0.534 e. The Bertz CT molecular complexity index is 1360. The third-order valence-corrected chi connectivity index (χ3v) is 7.13. The summed E-state index contributed by atoms with van der Waals surface area (Å²) in [5.74, 6) is -0.848. The van der Waals surface area contributed by atoms with Gasteiger partial charge >= 0.3 is 15.6 Å². The molecule has 0 saturated carbocycles. The van der Waals surface area contributed by atoms with Gasteiger partial charge in [-0.25, -0.2) is 0 Å². The van der Waals surface area contributed by atoms with Gasteiger partial charge in [0, 0.05) is 11.8 Å². The summed E-state index contributed by atoms with van der Waals surface area (Å²) < 4.78 is 73.8. The molecule has 2 aromatic carbocycles. The maximum absolute atomic E-state index is 12.5. The highest BCUT2D eigenvalue weighted by molar-refractivity contribution is 7.88. The fourth-order valence-corrected chi connectivity index (χ4v) is 4.48. The number of hydrogen-bond acceptors (Lipinski definition) is 8. The zero-order valence-electron chi connectivity index (χ0n) is 21.1. The molecule has 2 aliphatic rings. The van der Waals surface area contributed by atoms with Gasteiger partial charge in [-0.3, -0.25) is 9.59 Å². The number of ether oxygens (including phenoxy) is 2. The molecule has 0 aliphatic heterocycles. The third kappa shape index (κ3) is 7.20. The fraction of sp³-hybridized carbons (Fsp3) is 0.333. The average Bonchev–Trinajstić information content (AvgIpc) is 3.63. The molecule has 0 amide bonds. The summed E-state index contributed by atoms with van der Waals surface area (Å²) in [4.78, 5) is 24.5. The summed E-state index contributed by atoms with van der Waals surface area (Å²) in [7, 11) is -3.01. The van der Waals surface area contributed by atoms with Crippen molar-refractivity contribution < 1.29 is 49.9 Å². The van der Waals surface area contributed by atoms with Gasteiger partial charge in [0.05, 0.1) is 25.3 Å². The van der Waals surface area contributed by atoms with Crippen LogP contribution in [0.5, 0.6) is 23.0 Å². The summed E-state index contributed by atoms with van der Waals surface area (Å²) in [6.45, 7) is 0. The topological polar surface area (TPSA) is 116 Å². The normalized spacial score (nSPS) is 15.5. The highest BCUT2D eigenvalue weighted by Gasteiger charge is 2.49. The molecule has 0 radical (unpaired) electrons. The van der Waals surface area contributed by atoms with Crippen LogP contribution in [0.25, 0.3) is 0 Å². The molecule has 0 aromatic heterocycles. The first-order chi connectivity index (χ1) is 18.4. The molecule has 2 aromatic rings. The van der Waals surface area contributed by atoms with Crippen molar-refractivity contribution in [2.24, 2.45) is 11.8 Å². The highest BCUT2D eigenvalue weighted by Crippen LogP contribution is 2.34. The maximum Gasteiger partial charge on any atom is 0.534 e. The van der Waals surface area contributed by atoms with E-state index in [2.05, 4.69) is 4.18 Å². The first kappa shape index (κ1) is 29.8. The minimum absolute atomic E-state index is 0.0126. The molecule has 210 valence electrons. The Labute approximate surface area is 223 Å². The van der Waals surface area contributed by atoms with E-state index >= 15 is 0 Å². The number of benzene rings is 2. The van der Waals surface area contributed by atoms with E-state index < -0.39 is 33.1 Å². The van der Waals surface area contributed by atoms with Crippen molar-refractivity contribution in [3.05, 3.63) is 71.8 Å². The zero-order chi connectivity index (χ0) is 28.8. The van der Waals surface area contributed by atoms with Crippen LogP contribution in [-0.4, -0.2) is 44.8 Å². The fourth-order valence-electron chi connectivity index (χ4n) is 4.01. The predicted octanol–water partition coefficient (Wildman–Crippen LogP) is 5.62.